The van der Waals surface area contributed by atoms with Crippen LogP contribution in [0, 0.1) is 11.8 Å². The molecule has 3 nitrogen and oxygen atoms in total. The molecule has 0 saturated carbocycles. The Balaban J connectivity index is 2.54. The van der Waals surface area contributed by atoms with Crippen molar-refractivity contribution in [2.24, 2.45) is 17.6 Å². The Morgan fingerprint density at radius 3 is 2.23 bits per heavy atom. The summed E-state index contributed by atoms with van der Waals surface area (Å²) in [6, 6.07) is -0.106. The summed E-state index contributed by atoms with van der Waals surface area (Å²) in [6.07, 6.45) is 1.27. The largest absolute Gasteiger partial charge is 0.368 e. The predicted molar refractivity (Wildman–Crippen MR) is 53.2 cm³/mol. The number of rotatable bonds is 2. The van der Waals surface area contributed by atoms with E-state index in [1.54, 1.807) is 0 Å². The quantitative estimate of drug-likeness (QED) is 0.691. The number of nitrogens with zero attached hydrogens (tertiary/aromatic N) is 1. The van der Waals surface area contributed by atoms with Crippen LogP contribution in [0.2, 0.25) is 0 Å². The van der Waals surface area contributed by atoms with E-state index in [9.17, 15) is 4.79 Å². The molecular weight excluding hydrogens is 164 g/mol. The summed E-state index contributed by atoms with van der Waals surface area (Å²) in [5, 5.41) is 0. The monoisotopic (exact) mass is 184 g/mol. The van der Waals surface area contributed by atoms with Gasteiger partial charge in [0.2, 0.25) is 5.91 Å². The minimum atomic E-state index is -0.207. The van der Waals surface area contributed by atoms with Crippen molar-refractivity contribution in [3.8, 4) is 0 Å². The number of likely N-dealkylation sites (tertiary alicyclic amines) is 1. The number of primary amides is 1. The maximum Gasteiger partial charge on any atom is 0.234 e. The molecule has 0 unspecified atom stereocenters. The van der Waals surface area contributed by atoms with Crippen LogP contribution < -0.4 is 5.73 Å². The molecule has 0 aliphatic carbocycles. The standard InChI is InChI=1S/C10H20N2O/c1-7-4-8(2)6-12(5-7)9(3)10(11)13/h7-9H,4-6H2,1-3H3,(H2,11,13)/t7-,8+,9-/m0/s1. The van der Waals surface area contributed by atoms with Gasteiger partial charge in [-0.3, -0.25) is 9.69 Å². The number of hydrogen-bond donors (Lipinski definition) is 1. The van der Waals surface area contributed by atoms with Gasteiger partial charge >= 0.3 is 0 Å². The summed E-state index contributed by atoms with van der Waals surface area (Å²) < 4.78 is 0. The molecule has 0 aromatic carbocycles. The van der Waals surface area contributed by atoms with Crippen LogP contribution in [0.4, 0.5) is 0 Å². The summed E-state index contributed by atoms with van der Waals surface area (Å²) in [7, 11) is 0. The number of piperidine rings is 1. The van der Waals surface area contributed by atoms with E-state index in [2.05, 4.69) is 18.7 Å². The van der Waals surface area contributed by atoms with Crippen molar-refractivity contribution in [2.45, 2.75) is 33.2 Å². The number of carbonyl (C=O) groups is 1. The average molecular weight is 184 g/mol. The Morgan fingerprint density at radius 2 is 1.85 bits per heavy atom. The van der Waals surface area contributed by atoms with Gasteiger partial charge in [0.1, 0.15) is 0 Å². The van der Waals surface area contributed by atoms with Crippen molar-refractivity contribution in [3.05, 3.63) is 0 Å². The molecular formula is C10H20N2O. The van der Waals surface area contributed by atoms with E-state index in [4.69, 9.17) is 5.73 Å². The van der Waals surface area contributed by atoms with Crippen LogP contribution in [0.1, 0.15) is 27.2 Å². The number of nitrogens with two attached hydrogens (primary N) is 1. The van der Waals surface area contributed by atoms with Gasteiger partial charge in [-0.25, -0.2) is 0 Å². The van der Waals surface area contributed by atoms with Crippen molar-refractivity contribution >= 4 is 5.91 Å². The van der Waals surface area contributed by atoms with Crippen molar-refractivity contribution < 1.29 is 4.79 Å². The topological polar surface area (TPSA) is 46.3 Å². The molecule has 1 aliphatic rings. The van der Waals surface area contributed by atoms with Crippen molar-refractivity contribution in [3.63, 3.8) is 0 Å². The molecule has 76 valence electrons. The van der Waals surface area contributed by atoms with Gasteiger partial charge in [0, 0.05) is 13.1 Å². The predicted octanol–water partition coefficient (Wildman–Crippen LogP) is 0.838. The highest BCUT2D eigenvalue weighted by atomic mass is 16.1. The highest BCUT2D eigenvalue weighted by molar-refractivity contribution is 5.79. The minimum absolute atomic E-state index is 0.106. The Morgan fingerprint density at radius 1 is 1.38 bits per heavy atom. The van der Waals surface area contributed by atoms with Gasteiger partial charge in [0.05, 0.1) is 6.04 Å². The number of carbonyl (C=O) groups excluding carboxylic acids is 1. The van der Waals surface area contributed by atoms with Crippen molar-refractivity contribution in [2.75, 3.05) is 13.1 Å². The van der Waals surface area contributed by atoms with Crippen molar-refractivity contribution in [1.29, 1.82) is 0 Å². The molecule has 0 aromatic heterocycles. The fraction of sp³-hybridized carbons (Fsp3) is 0.900. The lowest BCUT2D eigenvalue weighted by molar-refractivity contribution is -0.123. The Kier molecular flexibility index (Phi) is 3.31. The summed E-state index contributed by atoms with van der Waals surface area (Å²) >= 11 is 0. The zero-order chi connectivity index (χ0) is 10.0. The molecule has 0 spiro atoms. The van der Waals surface area contributed by atoms with Crippen LogP contribution >= 0.6 is 0 Å². The Bertz CT molecular complexity index is 183. The van der Waals surface area contributed by atoms with E-state index in [0.29, 0.717) is 11.8 Å². The maximum atomic E-state index is 11.0. The van der Waals surface area contributed by atoms with Gasteiger partial charge in [-0.1, -0.05) is 13.8 Å². The van der Waals surface area contributed by atoms with Gasteiger partial charge in [-0.15, -0.1) is 0 Å². The Hall–Kier alpha value is -0.570. The molecule has 0 bridgehead atoms. The van der Waals surface area contributed by atoms with Gasteiger partial charge in [0.25, 0.3) is 0 Å². The first-order valence-electron chi connectivity index (χ1n) is 5.04. The van der Waals surface area contributed by atoms with Gasteiger partial charge in [0.15, 0.2) is 0 Å². The first-order valence-corrected chi connectivity index (χ1v) is 5.04. The zero-order valence-electron chi connectivity index (χ0n) is 8.79. The van der Waals surface area contributed by atoms with E-state index in [-0.39, 0.29) is 11.9 Å². The minimum Gasteiger partial charge on any atom is -0.368 e. The SMILES string of the molecule is C[C@@H]1C[C@H](C)CN([C@@H](C)C(N)=O)C1. The fourth-order valence-electron chi connectivity index (χ4n) is 2.21. The summed E-state index contributed by atoms with van der Waals surface area (Å²) in [5.74, 6) is 1.16. The molecule has 1 amide bonds. The maximum absolute atomic E-state index is 11.0. The number of amides is 1. The number of hydrogen-bond acceptors (Lipinski definition) is 2. The third-order valence-electron chi connectivity index (χ3n) is 2.86. The first kappa shape index (κ1) is 10.5. The van der Waals surface area contributed by atoms with Crippen molar-refractivity contribution in [1.82, 2.24) is 4.90 Å². The van der Waals surface area contributed by atoms with Gasteiger partial charge in [-0.2, -0.15) is 0 Å². The molecule has 2 N–H and O–H groups in total. The third kappa shape index (κ3) is 2.69. The van der Waals surface area contributed by atoms with Crippen LogP contribution in [-0.4, -0.2) is 29.9 Å². The summed E-state index contributed by atoms with van der Waals surface area (Å²) in [5.41, 5.74) is 5.28. The summed E-state index contributed by atoms with van der Waals surface area (Å²) in [4.78, 5) is 13.2. The molecule has 1 saturated heterocycles. The first-order chi connectivity index (χ1) is 6.00. The highest BCUT2D eigenvalue weighted by Crippen LogP contribution is 2.22. The van der Waals surface area contributed by atoms with Crippen LogP contribution in [0.15, 0.2) is 0 Å². The molecule has 1 aliphatic heterocycles. The van der Waals surface area contributed by atoms with E-state index in [1.807, 2.05) is 6.92 Å². The van der Waals surface area contributed by atoms with Crippen LogP contribution in [0.3, 0.4) is 0 Å². The smallest absolute Gasteiger partial charge is 0.234 e. The molecule has 0 aromatic rings. The van der Waals surface area contributed by atoms with Gasteiger partial charge < -0.3 is 5.73 Å². The van der Waals surface area contributed by atoms with Crippen LogP contribution in [0.5, 0.6) is 0 Å². The zero-order valence-corrected chi connectivity index (χ0v) is 8.79. The van der Waals surface area contributed by atoms with Gasteiger partial charge in [-0.05, 0) is 25.2 Å². The molecule has 1 heterocycles. The normalized spacial score (nSPS) is 32.8. The second-order valence-corrected chi connectivity index (χ2v) is 4.48. The lowest BCUT2D eigenvalue weighted by Gasteiger charge is -2.37. The highest BCUT2D eigenvalue weighted by Gasteiger charge is 2.27. The second kappa shape index (κ2) is 4.09. The lowest BCUT2D eigenvalue weighted by Crippen LogP contribution is -2.49. The Labute approximate surface area is 80.3 Å². The van der Waals surface area contributed by atoms with Crippen LogP contribution in [0.25, 0.3) is 0 Å². The van der Waals surface area contributed by atoms with E-state index >= 15 is 0 Å². The lowest BCUT2D eigenvalue weighted by atomic mass is 9.91. The molecule has 1 fully saturated rings. The van der Waals surface area contributed by atoms with Crippen LogP contribution in [-0.2, 0) is 4.79 Å². The molecule has 13 heavy (non-hydrogen) atoms. The third-order valence-corrected chi connectivity index (χ3v) is 2.86. The second-order valence-electron chi connectivity index (χ2n) is 4.48. The molecule has 0 radical (unpaired) electrons. The van der Waals surface area contributed by atoms with E-state index in [1.165, 1.54) is 6.42 Å². The van der Waals surface area contributed by atoms with E-state index in [0.717, 1.165) is 13.1 Å². The molecule has 1 rings (SSSR count). The fourth-order valence-corrected chi connectivity index (χ4v) is 2.21. The molecule has 3 atom stereocenters. The summed E-state index contributed by atoms with van der Waals surface area (Å²) in [6.45, 7) is 8.38. The average Bonchev–Trinajstić information content (AvgIpc) is 2.01. The molecule has 3 heteroatoms. The van der Waals surface area contributed by atoms with E-state index < -0.39 is 0 Å².